The van der Waals surface area contributed by atoms with Crippen LogP contribution in [0.5, 0.6) is 0 Å². The van der Waals surface area contributed by atoms with Gasteiger partial charge in [0, 0.05) is 49.5 Å². The minimum Gasteiger partial charge on any atom is -0.312 e. The molecule has 6 nitrogen and oxygen atoms in total. The van der Waals surface area contributed by atoms with Gasteiger partial charge < -0.3 is 5.32 Å². The molecule has 2 N–H and O–H groups in total. The van der Waals surface area contributed by atoms with Crippen molar-refractivity contribution < 1.29 is 0 Å². The minimum atomic E-state index is 0.470. The molecule has 0 amide bonds. The van der Waals surface area contributed by atoms with Gasteiger partial charge in [0.1, 0.15) is 0 Å². The van der Waals surface area contributed by atoms with E-state index in [4.69, 9.17) is 0 Å². The van der Waals surface area contributed by atoms with E-state index in [1.54, 1.807) is 0 Å². The Morgan fingerprint density at radius 2 is 2.15 bits per heavy atom. The number of nitrogens with zero attached hydrogens (tertiary/aromatic N) is 4. The third-order valence-electron chi connectivity index (χ3n) is 8.05. The number of hydrogen-bond acceptors (Lipinski definition) is 5. The summed E-state index contributed by atoms with van der Waals surface area (Å²) >= 11 is 0. The van der Waals surface area contributed by atoms with Crippen LogP contribution in [0.3, 0.4) is 0 Å². The van der Waals surface area contributed by atoms with Crippen LogP contribution in [0.4, 0.5) is 0 Å². The van der Waals surface area contributed by atoms with E-state index in [0.717, 1.165) is 36.9 Å². The number of piperidine rings is 2. The Kier molecular flexibility index (Phi) is 4.11. The first kappa shape index (κ1) is 17.0. The lowest BCUT2D eigenvalue weighted by molar-refractivity contribution is -0.275. The molecule has 1 aliphatic carbocycles. The maximum absolute atomic E-state index is 4.57. The lowest BCUT2D eigenvalue weighted by atomic mass is 9.71. The van der Waals surface area contributed by atoms with Crippen LogP contribution in [-0.4, -0.2) is 57.2 Å². The van der Waals surface area contributed by atoms with Crippen LogP contribution in [0, 0.1) is 11.8 Å². The molecule has 27 heavy (non-hydrogen) atoms. The summed E-state index contributed by atoms with van der Waals surface area (Å²) in [6.07, 6.45) is 14.3. The van der Waals surface area contributed by atoms with E-state index in [2.05, 4.69) is 49.7 Å². The molecule has 1 aromatic heterocycles. The predicted molar refractivity (Wildman–Crippen MR) is 105 cm³/mol. The molecule has 5 aliphatic rings. The number of rotatable bonds is 3. The molecule has 6 heteroatoms. The Labute approximate surface area is 162 Å². The maximum Gasteiger partial charge on any atom is 0.0912 e. The van der Waals surface area contributed by atoms with Crippen LogP contribution in [0.15, 0.2) is 12.4 Å². The van der Waals surface area contributed by atoms with E-state index in [-0.39, 0.29) is 0 Å². The molecule has 0 aromatic carbocycles. The van der Waals surface area contributed by atoms with Crippen LogP contribution < -0.4 is 10.6 Å². The van der Waals surface area contributed by atoms with Crippen molar-refractivity contribution in [1.29, 1.82) is 0 Å². The topological polar surface area (TPSA) is 48.4 Å². The van der Waals surface area contributed by atoms with Crippen LogP contribution >= 0.6 is 0 Å². The van der Waals surface area contributed by atoms with Gasteiger partial charge in [0.15, 0.2) is 0 Å². The number of aromatic nitrogens is 2. The molecule has 4 saturated heterocycles. The van der Waals surface area contributed by atoms with E-state index < -0.39 is 0 Å². The Balaban J connectivity index is 1.20. The number of hydrogen-bond donors (Lipinski definition) is 2. The fraction of sp³-hybridized carbons (Fsp3) is 0.857. The second-order valence-electron chi connectivity index (χ2n) is 9.69. The van der Waals surface area contributed by atoms with Gasteiger partial charge in [0.2, 0.25) is 0 Å². The largest absolute Gasteiger partial charge is 0.312 e. The molecule has 7 unspecified atom stereocenters. The average Bonchev–Trinajstić information content (AvgIpc) is 3.14. The normalized spacial score (nSPS) is 44.1. The molecule has 0 radical (unpaired) electrons. The molecule has 148 valence electrons. The van der Waals surface area contributed by atoms with Crippen LogP contribution in [0.25, 0.3) is 0 Å². The Morgan fingerprint density at radius 3 is 3.07 bits per heavy atom. The van der Waals surface area contributed by atoms with E-state index in [1.165, 1.54) is 57.2 Å². The molecule has 1 saturated carbocycles. The van der Waals surface area contributed by atoms with Gasteiger partial charge in [0.25, 0.3) is 0 Å². The number of aryl methyl sites for hydroxylation is 1. The monoisotopic (exact) mass is 370 g/mol. The first-order valence-corrected chi connectivity index (χ1v) is 11.4. The standard InChI is InChI=1S/C21H34N6/c1-2-7-25-13-16(10-23-25)19-5-6-20-21(24-19)26-12-14-3-4-18-15(8-14)9-17(11-22-18)27(20)26/h10,13-15,17-22,24H,2-9,11-12H2,1H3. The van der Waals surface area contributed by atoms with E-state index in [1.807, 2.05) is 0 Å². The molecule has 5 heterocycles. The molecular formula is C21H34N6. The van der Waals surface area contributed by atoms with E-state index in [0.29, 0.717) is 18.2 Å². The minimum absolute atomic E-state index is 0.470. The number of nitrogens with one attached hydrogen (secondary N) is 2. The molecule has 5 fully saturated rings. The van der Waals surface area contributed by atoms with E-state index in [9.17, 15) is 0 Å². The summed E-state index contributed by atoms with van der Waals surface area (Å²) in [4.78, 5) is 0. The van der Waals surface area contributed by atoms with Crippen LogP contribution in [0.2, 0.25) is 0 Å². The number of fused-ring (bicyclic) bond motifs is 7. The molecule has 1 aromatic rings. The summed E-state index contributed by atoms with van der Waals surface area (Å²) in [5.41, 5.74) is 1.38. The first-order valence-electron chi connectivity index (χ1n) is 11.4. The zero-order valence-corrected chi connectivity index (χ0v) is 16.6. The molecule has 7 atom stereocenters. The lowest BCUT2D eigenvalue weighted by Gasteiger charge is -2.66. The molecule has 6 rings (SSSR count). The molecule has 0 spiro atoms. The Morgan fingerprint density at radius 1 is 1.19 bits per heavy atom. The van der Waals surface area contributed by atoms with Crippen molar-refractivity contribution in [1.82, 2.24) is 30.4 Å². The summed E-state index contributed by atoms with van der Waals surface area (Å²) in [7, 11) is 0. The van der Waals surface area contributed by atoms with Crippen molar-refractivity contribution in [3.05, 3.63) is 18.0 Å². The van der Waals surface area contributed by atoms with Crippen molar-refractivity contribution in [2.24, 2.45) is 11.8 Å². The van der Waals surface area contributed by atoms with Crippen molar-refractivity contribution >= 4 is 0 Å². The Hall–Kier alpha value is -0.950. The maximum atomic E-state index is 4.57. The quantitative estimate of drug-likeness (QED) is 0.853. The highest BCUT2D eigenvalue weighted by Gasteiger charge is 2.55. The van der Waals surface area contributed by atoms with Gasteiger partial charge in [-0.1, -0.05) is 6.92 Å². The summed E-state index contributed by atoms with van der Waals surface area (Å²) in [5, 5.41) is 18.0. The zero-order valence-electron chi connectivity index (χ0n) is 16.6. The summed E-state index contributed by atoms with van der Waals surface area (Å²) in [6, 6.07) is 2.71. The van der Waals surface area contributed by atoms with Gasteiger partial charge in [-0.3, -0.25) is 10.00 Å². The van der Waals surface area contributed by atoms with Crippen molar-refractivity contribution in [3.63, 3.8) is 0 Å². The van der Waals surface area contributed by atoms with Crippen molar-refractivity contribution in [3.8, 4) is 0 Å². The van der Waals surface area contributed by atoms with Gasteiger partial charge in [-0.05, 0) is 56.8 Å². The second kappa shape index (κ2) is 6.55. The van der Waals surface area contributed by atoms with Gasteiger partial charge in [0.05, 0.1) is 18.4 Å². The van der Waals surface area contributed by atoms with Crippen LogP contribution in [-0.2, 0) is 6.54 Å². The Bertz CT molecular complexity index is 688. The van der Waals surface area contributed by atoms with E-state index >= 15 is 0 Å². The highest BCUT2D eigenvalue weighted by molar-refractivity contribution is 5.15. The van der Waals surface area contributed by atoms with Gasteiger partial charge >= 0.3 is 0 Å². The zero-order chi connectivity index (χ0) is 18.0. The average molecular weight is 371 g/mol. The number of hydrazine groups is 1. The van der Waals surface area contributed by atoms with Gasteiger partial charge in [-0.2, -0.15) is 5.10 Å². The second-order valence-corrected chi connectivity index (χ2v) is 9.69. The third kappa shape index (κ3) is 2.71. The SMILES string of the molecule is CCCn1cc(C2CCC3C(N2)N2CC4CCC5NCC(CC5C4)N32)cn1. The molecular weight excluding hydrogens is 336 g/mol. The first-order chi connectivity index (χ1) is 13.3. The highest BCUT2D eigenvalue weighted by atomic mass is 15.8. The highest BCUT2D eigenvalue weighted by Crippen LogP contribution is 2.46. The third-order valence-corrected chi connectivity index (χ3v) is 8.05. The van der Waals surface area contributed by atoms with Crippen LogP contribution in [0.1, 0.15) is 63.5 Å². The molecule has 4 aliphatic heterocycles. The smallest absolute Gasteiger partial charge is 0.0912 e. The summed E-state index contributed by atoms with van der Waals surface area (Å²) in [5.74, 6) is 1.82. The lowest BCUT2D eigenvalue weighted by Crippen LogP contribution is -2.82. The predicted octanol–water partition coefficient (Wildman–Crippen LogP) is 2.11. The fourth-order valence-corrected chi connectivity index (χ4v) is 6.83. The fourth-order valence-electron chi connectivity index (χ4n) is 6.83. The van der Waals surface area contributed by atoms with Gasteiger partial charge in [-0.25, -0.2) is 10.0 Å². The van der Waals surface area contributed by atoms with Crippen molar-refractivity contribution in [2.45, 2.75) is 88.7 Å². The van der Waals surface area contributed by atoms with Gasteiger partial charge in [-0.15, -0.1) is 0 Å². The summed E-state index contributed by atoms with van der Waals surface area (Å²) in [6.45, 7) is 5.71. The molecule has 3 bridgehead atoms. The van der Waals surface area contributed by atoms with Crippen molar-refractivity contribution in [2.75, 3.05) is 13.1 Å². The summed E-state index contributed by atoms with van der Waals surface area (Å²) < 4.78 is 2.11.